The number of rotatable bonds is 6. The molecule has 0 aromatic rings. The van der Waals surface area contributed by atoms with E-state index in [1.165, 1.54) is 19.3 Å². The fourth-order valence-corrected chi connectivity index (χ4v) is 2.32. The van der Waals surface area contributed by atoms with Gasteiger partial charge in [-0.1, -0.05) is 26.7 Å². The van der Waals surface area contributed by atoms with Gasteiger partial charge in [-0.25, -0.2) is 0 Å². The number of hydrogen-bond acceptors (Lipinski definition) is 2. The maximum Gasteiger partial charge on any atom is 0.222 e. The molecule has 1 amide bonds. The van der Waals surface area contributed by atoms with Crippen LogP contribution in [0.4, 0.5) is 0 Å². The van der Waals surface area contributed by atoms with Gasteiger partial charge in [0.25, 0.3) is 0 Å². The molecule has 1 aliphatic heterocycles. The van der Waals surface area contributed by atoms with Gasteiger partial charge >= 0.3 is 0 Å². The Balaban J connectivity index is 2.37. The summed E-state index contributed by atoms with van der Waals surface area (Å²) in [6.07, 6.45) is 5.59. The lowest BCUT2D eigenvalue weighted by Gasteiger charge is -2.30. The van der Waals surface area contributed by atoms with Crippen molar-refractivity contribution >= 4 is 5.91 Å². The van der Waals surface area contributed by atoms with Crippen molar-refractivity contribution in [3.05, 3.63) is 0 Å². The van der Waals surface area contributed by atoms with Gasteiger partial charge in [0.1, 0.15) is 0 Å². The van der Waals surface area contributed by atoms with Crippen LogP contribution in [-0.4, -0.2) is 36.5 Å². The summed E-state index contributed by atoms with van der Waals surface area (Å²) in [7, 11) is 0. The first-order chi connectivity index (χ1) is 8.17. The lowest BCUT2D eigenvalue weighted by Crippen LogP contribution is -2.45. The van der Waals surface area contributed by atoms with E-state index in [1.807, 2.05) is 4.90 Å². The lowest BCUT2D eigenvalue weighted by molar-refractivity contribution is -0.132. The van der Waals surface area contributed by atoms with E-state index in [4.69, 9.17) is 0 Å². The van der Waals surface area contributed by atoms with Crippen LogP contribution < -0.4 is 5.32 Å². The topological polar surface area (TPSA) is 32.3 Å². The molecular formula is C14H28N2O. The zero-order valence-electron chi connectivity index (χ0n) is 11.7. The van der Waals surface area contributed by atoms with Crippen molar-refractivity contribution in [3.63, 3.8) is 0 Å². The molecule has 0 aliphatic carbocycles. The van der Waals surface area contributed by atoms with Crippen LogP contribution >= 0.6 is 0 Å². The van der Waals surface area contributed by atoms with Gasteiger partial charge in [0.15, 0.2) is 0 Å². The molecule has 2 unspecified atom stereocenters. The molecule has 0 aromatic carbocycles. The summed E-state index contributed by atoms with van der Waals surface area (Å²) >= 11 is 0. The highest BCUT2D eigenvalue weighted by atomic mass is 16.2. The molecule has 2 atom stereocenters. The molecule has 1 aliphatic rings. The first-order valence-corrected chi connectivity index (χ1v) is 7.18. The number of likely N-dealkylation sites (N-methyl/N-ethyl adjacent to an activating group) is 1. The monoisotopic (exact) mass is 240 g/mol. The Morgan fingerprint density at radius 2 is 2.18 bits per heavy atom. The van der Waals surface area contributed by atoms with Crippen molar-refractivity contribution in [3.8, 4) is 0 Å². The van der Waals surface area contributed by atoms with E-state index in [-0.39, 0.29) is 0 Å². The smallest absolute Gasteiger partial charge is 0.222 e. The molecule has 100 valence electrons. The largest absolute Gasteiger partial charge is 0.341 e. The van der Waals surface area contributed by atoms with Crippen LogP contribution in [0, 0.1) is 5.92 Å². The first-order valence-electron chi connectivity index (χ1n) is 7.18. The summed E-state index contributed by atoms with van der Waals surface area (Å²) < 4.78 is 0. The van der Waals surface area contributed by atoms with Crippen LogP contribution in [0.3, 0.4) is 0 Å². The molecule has 0 radical (unpaired) electrons. The fraction of sp³-hybridized carbons (Fsp3) is 0.929. The minimum absolute atomic E-state index is 0.328. The van der Waals surface area contributed by atoms with Gasteiger partial charge in [0, 0.05) is 25.6 Å². The van der Waals surface area contributed by atoms with Crippen molar-refractivity contribution in [2.45, 2.75) is 58.9 Å². The average molecular weight is 240 g/mol. The Hall–Kier alpha value is -0.570. The van der Waals surface area contributed by atoms with Crippen molar-refractivity contribution in [1.29, 1.82) is 0 Å². The number of amides is 1. The van der Waals surface area contributed by atoms with Crippen LogP contribution in [0.25, 0.3) is 0 Å². The van der Waals surface area contributed by atoms with Gasteiger partial charge < -0.3 is 10.2 Å². The number of nitrogens with one attached hydrogen (secondary N) is 1. The molecule has 3 heteroatoms. The molecule has 3 nitrogen and oxygen atoms in total. The molecule has 1 fully saturated rings. The second-order valence-corrected chi connectivity index (χ2v) is 5.30. The Morgan fingerprint density at radius 3 is 2.71 bits per heavy atom. The standard InChI is InChI=1S/C14H28N2O/c1-4-12(3)10-14(17)16(5-2)11-13-8-6-7-9-15-13/h12-13,15H,4-11H2,1-3H3. The van der Waals surface area contributed by atoms with Crippen LogP contribution in [0.15, 0.2) is 0 Å². The van der Waals surface area contributed by atoms with Gasteiger partial charge in [0.2, 0.25) is 5.91 Å². The predicted molar refractivity (Wildman–Crippen MR) is 72.0 cm³/mol. The molecule has 1 saturated heterocycles. The minimum Gasteiger partial charge on any atom is -0.341 e. The first kappa shape index (κ1) is 14.5. The molecule has 0 saturated carbocycles. The van der Waals surface area contributed by atoms with Gasteiger partial charge in [-0.05, 0) is 32.2 Å². The Morgan fingerprint density at radius 1 is 1.41 bits per heavy atom. The van der Waals surface area contributed by atoms with E-state index < -0.39 is 0 Å². The summed E-state index contributed by atoms with van der Waals surface area (Å²) in [6, 6.07) is 0.518. The number of hydrogen-bond donors (Lipinski definition) is 1. The molecule has 17 heavy (non-hydrogen) atoms. The molecule has 1 heterocycles. The van der Waals surface area contributed by atoms with Gasteiger partial charge in [-0.2, -0.15) is 0 Å². The summed E-state index contributed by atoms with van der Waals surface area (Å²) in [5.74, 6) is 0.838. The second kappa shape index (κ2) is 7.70. The molecule has 1 N–H and O–H groups in total. The highest BCUT2D eigenvalue weighted by Gasteiger charge is 2.20. The molecule has 1 rings (SSSR count). The summed E-state index contributed by atoms with van der Waals surface area (Å²) in [4.78, 5) is 14.1. The highest BCUT2D eigenvalue weighted by molar-refractivity contribution is 5.76. The third-order valence-electron chi connectivity index (χ3n) is 3.81. The summed E-state index contributed by atoms with van der Waals surface area (Å²) in [6.45, 7) is 9.24. The third kappa shape index (κ3) is 5.07. The summed E-state index contributed by atoms with van der Waals surface area (Å²) in [5, 5.41) is 3.51. The van der Waals surface area contributed by atoms with E-state index in [0.29, 0.717) is 24.3 Å². The van der Waals surface area contributed by atoms with Crippen LogP contribution in [0.2, 0.25) is 0 Å². The normalized spacial score (nSPS) is 22.2. The maximum absolute atomic E-state index is 12.1. The van der Waals surface area contributed by atoms with E-state index >= 15 is 0 Å². The Bertz CT molecular complexity index is 224. The maximum atomic E-state index is 12.1. The van der Waals surface area contributed by atoms with Crippen molar-refractivity contribution in [2.75, 3.05) is 19.6 Å². The zero-order chi connectivity index (χ0) is 12.7. The molecule has 0 aromatic heterocycles. The van der Waals surface area contributed by atoms with Gasteiger partial charge in [0.05, 0.1) is 0 Å². The van der Waals surface area contributed by atoms with Gasteiger partial charge in [-0.15, -0.1) is 0 Å². The molecule has 0 bridgehead atoms. The predicted octanol–water partition coefficient (Wildman–Crippen LogP) is 2.41. The van der Waals surface area contributed by atoms with Crippen LogP contribution in [-0.2, 0) is 4.79 Å². The molecular weight excluding hydrogens is 212 g/mol. The zero-order valence-corrected chi connectivity index (χ0v) is 11.7. The SMILES string of the molecule is CCC(C)CC(=O)N(CC)CC1CCCCN1. The lowest BCUT2D eigenvalue weighted by atomic mass is 10.0. The van der Waals surface area contributed by atoms with E-state index in [1.54, 1.807) is 0 Å². The van der Waals surface area contributed by atoms with Crippen molar-refractivity contribution in [2.24, 2.45) is 5.92 Å². The summed E-state index contributed by atoms with van der Waals surface area (Å²) in [5.41, 5.74) is 0. The fourth-order valence-electron chi connectivity index (χ4n) is 2.32. The molecule has 0 spiro atoms. The quantitative estimate of drug-likeness (QED) is 0.773. The number of carbonyl (C=O) groups excluding carboxylic acids is 1. The van der Waals surface area contributed by atoms with Crippen LogP contribution in [0.5, 0.6) is 0 Å². The number of carbonyl (C=O) groups is 1. The number of nitrogens with zero attached hydrogens (tertiary/aromatic N) is 1. The van der Waals surface area contributed by atoms with Crippen molar-refractivity contribution in [1.82, 2.24) is 10.2 Å². The van der Waals surface area contributed by atoms with E-state index in [0.717, 1.165) is 26.1 Å². The minimum atomic E-state index is 0.328. The number of piperidine rings is 1. The van der Waals surface area contributed by atoms with E-state index in [2.05, 4.69) is 26.1 Å². The van der Waals surface area contributed by atoms with Crippen LogP contribution in [0.1, 0.15) is 52.9 Å². The third-order valence-corrected chi connectivity index (χ3v) is 3.81. The van der Waals surface area contributed by atoms with Gasteiger partial charge in [-0.3, -0.25) is 4.79 Å². The van der Waals surface area contributed by atoms with E-state index in [9.17, 15) is 4.79 Å². The van der Waals surface area contributed by atoms with Crippen molar-refractivity contribution < 1.29 is 4.79 Å². The Kier molecular flexibility index (Phi) is 6.56. The second-order valence-electron chi connectivity index (χ2n) is 5.30. The Labute approximate surface area is 106 Å². The highest BCUT2D eigenvalue weighted by Crippen LogP contribution is 2.12. The average Bonchev–Trinajstić information content (AvgIpc) is 2.36.